The first-order chi connectivity index (χ1) is 9.69. The minimum absolute atomic E-state index is 0.0612. The van der Waals surface area contributed by atoms with Crippen LogP contribution < -0.4 is 5.32 Å². The Bertz CT molecular complexity index is 436. The molecule has 2 heterocycles. The molecule has 6 nitrogen and oxygen atoms in total. The molecule has 1 amide bonds. The van der Waals surface area contributed by atoms with Crippen LogP contribution in [-0.4, -0.2) is 60.8 Å². The van der Waals surface area contributed by atoms with Crippen molar-refractivity contribution in [2.24, 2.45) is 5.92 Å². The Labute approximate surface area is 118 Å². The highest BCUT2D eigenvalue weighted by Crippen LogP contribution is 2.15. The standard InChI is InChI=1S/C14H21N3O3/c1-20-7-6-17-5-4-11(10-17)8-16-14(19)13-3-2-12(18)9-15-13/h2-3,9,11,18H,4-8,10H2,1H3,(H,16,19)/t11-/m0/s1. The zero-order valence-electron chi connectivity index (χ0n) is 11.7. The summed E-state index contributed by atoms with van der Waals surface area (Å²) < 4.78 is 5.06. The lowest BCUT2D eigenvalue weighted by Gasteiger charge is -2.15. The first kappa shape index (κ1) is 14.7. The van der Waals surface area contributed by atoms with E-state index in [4.69, 9.17) is 9.84 Å². The van der Waals surface area contributed by atoms with Crippen molar-refractivity contribution in [3.8, 4) is 5.75 Å². The number of ether oxygens (including phenoxy) is 1. The number of hydrogen-bond acceptors (Lipinski definition) is 5. The van der Waals surface area contributed by atoms with Gasteiger partial charge in [0.15, 0.2) is 0 Å². The Morgan fingerprint density at radius 2 is 2.45 bits per heavy atom. The maximum absolute atomic E-state index is 11.9. The highest BCUT2D eigenvalue weighted by molar-refractivity contribution is 5.92. The third kappa shape index (κ3) is 4.18. The summed E-state index contributed by atoms with van der Waals surface area (Å²) in [6.45, 7) is 4.40. The van der Waals surface area contributed by atoms with Crippen molar-refractivity contribution in [1.29, 1.82) is 0 Å². The number of amides is 1. The number of hydrogen-bond donors (Lipinski definition) is 2. The Kier molecular flexibility index (Phi) is 5.31. The van der Waals surface area contributed by atoms with Gasteiger partial charge in [0.25, 0.3) is 5.91 Å². The summed E-state index contributed by atoms with van der Waals surface area (Å²) in [7, 11) is 1.71. The van der Waals surface area contributed by atoms with Crippen LogP contribution in [0.1, 0.15) is 16.9 Å². The molecule has 1 fully saturated rings. The minimum atomic E-state index is -0.194. The van der Waals surface area contributed by atoms with E-state index in [-0.39, 0.29) is 11.7 Å². The quantitative estimate of drug-likeness (QED) is 0.792. The van der Waals surface area contributed by atoms with Crippen LogP contribution in [-0.2, 0) is 4.74 Å². The molecule has 0 aliphatic carbocycles. The molecule has 110 valence electrons. The van der Waals surface area contributed by atoms with Crippen molar-refractivity contribution in [2.45, 2.75) is 6.42 Å². The van der Waals surface area contributed by atoms with Gasteiger partial charge in [-0.3, -0.25) is 4.79 Å². The first-order valence-electron chi connectivity index (χ1n) is 6.83. The molecule has 0 bridgehead atoms. The number of methoxy groups -OCH3 is 1. The zero-order chi connectivity index (χ0) is 14.4. The van der Waals surface area contributed by atoms with Gasteiger partial charge in [-0.15, -0.1) is 0 Å². The van der Waals surface area contributed by atoms with Gasteiger partial charge in [-0.2, -0.15) is 0 Å². The minimum Gasteiger partial charge on any atom is -0.506 e. The van der Waals surface area contributed by atoms with E-state index in [1.54, 1.807) is 7.11 Å². The fourth-order valence-corrected chi connectivity index (χ4v) is 2.35. The fourth-order valence-electron chi connectivity index (χ4n) is 2.35. The van der Waals surface area contributed by atoms with Crippen LogP contribution in [0, 0.1) is 5.92 Å². The molecule has 0 spiro atoms. The molecule has 0 saturated carbocycles. The van der Waals surface area contributed by atoms with Crippen LogP contribution in [0.25, 0.3) is 0 Å². The van der Waals surface area contributed by atoms with E-state index < -0.39 is 0 Å². The molecule has 1 aromatic heterocycles. The van der Waals surface area contributed by atoms with Crippen LogP contribution in [0.4, 0.5) is 0 Å². The van der Waals surface area contributed by atoms with E-state index in [9.17, 15) is 4.79 Å². The van der Waals surface area contributed by atoms with Gasteiger partial charge in [0.2, 0.25) is 0 Å². The first-order valence-corrected chi connectivity index (χ1v) is 6.83. The molecule has 0 aromatic carbocycles. The summed E-state index contributed by atoms with van der Waals surface area (Å²) in [5.41, 5.74) is 0.331. The van der Waals surface area contributed by atoms with Crippen LogP contribution in [0.2, 0.25) is 0 Å². The Balaban J connectivity index is 1.73. The molecule has 0 radical (unpaired) electrons. The van der Waals surface area contributed by atoms with E-state index in [2.05, 4.69) is 15.2 Å². The number of aromatic nitrogens is 1. The van der Waals surface area contributed by atoms with Gasteiger partial charge in [0.05, 0.1) is 12.8 Å². The zero-order valence-corrected chi connectivity index (χ0v) is 11.7. The van der Waals surface area contributed by atoms with Crippen LogP contribution in [0.15, 0.2) is 18.3 Å². The second-order valence-corrected chi connectivity index (χ2v) is 5.06. The fraction of sp³-hybridized carbons (Fsp3) is 0.571. The van der Waals surface area contributed by atoms with E-state index in [1.165, 1.54) is 18.3 Å². The molecule has 2 N–H and O–H groups in total. The van der Waals surface area contributed by atoms with Gasteiger partial charge in [0.1, 0.15) is 11.4 Å². The number of pyridine rings is 1. The normalized spacial score (nSPS) is 19.1. The predicted octanol–water partition coefficient (Wildman–Crippen LogP) is 0.485. The molecule has 2 rings (SSSR count). The number of nitrogens with one attached hydrogen (secondary N) is 1. The van der Waals surface area contributed by atoms with Crippen LogP contribution in [0.3, 0.4) is 0 Å². The van der Waals surface area contributed by atoms with Gasteiger partial charge in [-0.25, -0.2) is 4.98 Å². The van der Waals surface area contributed by atoms with Gasteiger partial charge in [-0.05, 0) is 31.0 Å². The molecule has 1 aliphatic rings. The summed E-state index contributed by atoms with van der Waals surface area (Å²) in [4.78, 5) is 18.1. The highest BCUT2D eigenvalue weighted by atomic mass is 16.5. The summed E-state index contributed by atoms with van der Waals surface area (Å²) >= 11 is 0. The van der Waals surface area contributed by atoms with Crippen LogP contribution in [0.5, 0.6) is 5.75 Å². The Morgan fingerprint density at radius 3 is 3.15 bits per heavy atom. The van der Waals surface area contributed by atoms with Crippen LogP contribution >= 0.6 is 0 Å². The molecule has 20 heavy (non-hydrogen) atoms. The highest BCUT2D eigenvalue weighted by Gasteiger charge is 2.22. The monoisotopic (exact) mass is 279 g/mol. The second kappa shape index (κ2) is 7.21. The van der Waals surface area contributed by atoms with Gasteiger partial charge in [0, 0.05) is 26.7 Å². The molecule has 0 unspecified atom stereocenters. The lowest BCUT2D eigenvalue weighted by molar-refractivity contribution is 0.0941. The number of nitrogens with zero attached hydrogens (tertiary/aromatic N) is 2. The molecule has 1 aromatic rings. The molecular formula is C14H21N3O3. The largest absolute Gasteiger partial charge is 0.506 e. The predicted molar refractivity (Wildman–Crippen MR) is 74.7 cm³/mol. The number of rotatable bonds is 6. The topological polar surface area (TPSA) is 74.7 Å². The third-order valence-electron chi connectivity index (χ3n) is 3.51. The van der Waals surface area contributed by atoms with Crippen molar-refractivity contribution in [2.75, 3.05) is 39.9 Å². The van der Waals surface area contributed by atoms with Gasteiger partial charge >= 0.3 is 0 Å². The summed E-state index contributed by atoms with van der Waals surface area (Å²) in [6.07, 6.45) is 2.37. The Hall–Kier alpha value is -1.66. The van der Waals surface area contributed by atoms with Crippen molar-refractivity contribution >= 4 is 5.91 Å². The number of carbonyl (C=O) groups is 1. The lowest BCUT2D eigenvalue weighted by atomic mass is 10.1. The maximum Gasteiger partial charge on any atom is 0.269 e. The molecule has 1 atom stereocenters. The number of carbonyl (C=O) groups excluding carboxylic acids is 1. The van der Waals surface area contributed by atoms with Crippen molar-refractivity contribution < 1.29 is 14.6 Å². The SMILES string of the molecule is COCCN1CC[C@@H](CNC(=O)c2ccc(O)cn2)C1. The summed E-state index contributed by atoms with van der Waals surface area (Å²) in [5, 5.41) is 12.0. The smallest absolute Gasteiger partial charge is 0.269 e. The Morgan fingerprint density at radius 1 is 1.60 bits per heavy atom. The molecular weight excluding hydrogens is 258 g/mol. The second-order valence-electron chi connectivity index (χ2n) is 5.06. The van der Waals surface area contributed by atoms with Crippen molar-refractivity contribution in [3.63, 3.8) is 0 Å². The van der Waals surface area contributed by atoms with Crippen molar-refractivity contribution in [1.82, 2.24) is 15.2 Å². The van der Waals surface area contributed by atoms with Crippen molar-refractivity contribution in [3.05, 3.63) is 24.0 Å². The lowest BCUT2D eigenvalue weighted by Crippen LogP contribution is -2.32. The summed E-state index contributed by atoms with van der Waals surface area (Å²) in [6, 6.07) is 2.98. The average Bonchev–Trinajstić information content (AvgIpc) is 2.91. The molecule has 1 aliphatic heterocycles. The van der Waals surface area contributed by atoms with E-state index >= 15 is 0 Å². The molecule has 6 heteroatoms. The maximum atomic E-state index is 11.9. The number of likely N-dealkylation sites (tertiary alicyclic amines) is 1. The van der Waals surface area contributed by atoms with E-state index in [0.29, 0.717) is 18.2 Å². The summed E-state index contributed by atoms with van der Waals surface area (Å²) in [5.74, 6) is 0.347. The third-order valence-corrected chi connectivity index (χ3v) is 3.51. The number of aromatic hydroxyl groups is 1. The average molecular weight is 279 g/mol. The van der Waals surface area contributed by atoms with Gasteiger partial charge < -0.3 is 20.1 Å². The van der Waals surface area contributed by atoms with Gasteiger partial charge in [-0.1, -0.05) is 0 Å². The van der Waals surface area contributed by atoms with E-state index in [1.807, 2.05) is 0 Å². The molecule has 1 saturated heterocycles. The van der Waals surface area contributed by atoms with E-state index in [0.717, 1.165) is 32.7 Å².